The smallest absolute Gasteiger partial charge is 0.391 e. The average molecular weight is 626 g/mol. The van der Waals surface area contributed by atoms with Gasteiger partial charge in [-0.1, -0.05) is 25.1 Å². The summed E-state index contributed by atoms with van der Waals surface area (Å²) in [6.07, 6.45) is -12.3. The number of hydrogen-bond acceptors (Lipinski definition) is 9. The highest BCUT2D eigenvalue weighted by molar-refractivity contribution is 7.89. The van der Waals surface area contributed by atoms with E-state index in [1.54, 1.807) is 18.2 Å². The normalized spacial score (nSPS) is 28.3. The number of rotatable bonds is 6. The summed E-state index contributed by atoms with van der Waals surface area (Å²) >= 11 is 0. The van der Waals surface area contributed by atoms with E-state index in [1.807, 2.05) is 11.8 Å². The molecule has 0 amide bonds. The molecule has 2 N–H and O–H groups in total. The van der Waals surface area contributed by atoms with Crippen molar-refractivity contribution < 1.29 is 49.7 Å². The number of benzene rings is 1. The van der Waals surface area contributed by atoms with E-state index in [4.69, 9.17) is 4.74 Å². The third kappa shape index (κ3) is 5.13. The molecule has 232 valence electrons. The second-order valence-corrected chi connectivity index (χ2v) is 12.7. The van der Waals surface area contributed by atoms with E-state index in [2.05, 4.69) is 9.97 Å². The fraction of sp³-hybridized carbons (Fsp3) is 0.600. The van der Waals surface area contributed by atoms with Crippen LogP contribution in [0.1, 0.15) is 12.5 Å². The first-order valence-corrected chi connectivity index (χ1v) is 14.5. The zero-order chi connectivity index (χ0) is 30.7. The van der Waals surface area contributed by atoms with Gasteiger partial charge in [-0.3, -0.25) is 4.90 Å². The number of aliphatic hydroxyl groups is 2. The van der Waals surface area contributed by atoms with Gasteiger partial charge in [-0.2, -0.15) is 30.6 Å². The van der Waals surface area contributed by atoms with Gasteiger partial charge in [0.2, 0.25) is 16.0 Å². The number of aromatic nitrogens is 2. The number of sulfonamides is 1. The van der Waals surface area contributed by atoms with Crippen molar-refractivity contribution in [3.05, 3.63) is 48.3 Å². The summed E-state index contributed by atoms with van der Waals surface area (Å²) in [7, 11) is -3.94. The first-order chi connectivity index (χ1) is 19.6. The van der Waals surface area contributed by atoms with Crippen LogP contribution >= 0.6 is 0 Å². The molecule has 3 aliphatic rings. The summed E-state index contributed by atoms with van der Waals surface area (Å²) in [6.45, 7) is 2.41. The topological polar surface area (TPSA) is 119 Å². The minimum atomic E-state index is -6.09. The van der Waals surface area contributed by atoms with E-state index in [0.717, 1.165) is 0 Å². The fourth-order valence-electron chi connectivity index (χ4n) is 5.94. The quantitative estimate of drug-likeness (QED) is 0.463. The van der Waals surface area contributed by atoms with Crippen LogP contribution in [0.2, 0.25) is 0 Å². The number of hydrogen-bond donors (Lipinski definition) is 2. The summed E-state index contributed by atoms with van der Waals surface area (Å²) in [5, 5.41) is 20.5. The Morgan fingerprint density at radius 1 is 0.976 bits per heavy atom. The molecular weight excluding hydrogens is 596 g/mol. The van der Waals surface area contributed by atoms with Gasteiger partial charge in [0, 0.05) is 56.1 Å². The molecule has 0 aliphatic carbocycles. The number of halogens is 6. The predicted octanol–water partition coefficient (Wildman–Crippen LogP) is 1.75. The van der Waals surface area contributed by atoms with Crippen molar-refractivity contribution in [2.75, 3.05) is 44.3 Å². The molecule has 5 unspecified atom stereocenters. The summed E-state index contributed by atoms with van der Waals surface area (Å²) in [6, 6.07) is 6.42. The number of ether oxygens (including phenoxy) is 1. The van der Waals surface area contributed by atoms with E-state index in [1.165, 1.54) is 21.3 Å². The Morgan fingerprint density at radius 2 is 1.57 bits per heavy atom. The van der Waals surface area contributed by atoms with Crippen molar-refractivity contribution in [2.24, 2.45) is 5.92 Å². The van der Waals surface area contributed by atoms with Gasteiger partial charge >= 0.3 is 12.4 Å². The first kappa shape index (κ1) is 30.9. The lowest BCUT2D eigenvalue weighted by molar-refractivity contribution is -0.376. The van der Waals surface area contributed by atoms with Crippen LogP contribution in [0.5, 0.6) is 0 Å². The number of alkyl halides is 6. The molecule has 17 heteroatoms. The van der Waals surface area contributed by atoms with Crippen molar-refractivity contribution >= 4 is 16.0 Å². The van der Waals surface area contributed by atoms with Gasteiger partial charge < -0.3 is 19.8 Å². The van der Waals surface area contributed by atoms with Crippen molar-refractivity contribution in [3.8, 4) is 0 Å². The van der Waals surface area contributed by atoms with Crippen LogP contribution in [-0.4, -0.2) is 114 Å². The molecule has 3 fully saturated rings. The third-order valence-corrected chi connectivity index (χ3v) is 10.2. The van der Waals surface area contributed by atoms with Gasteiger partial charge in [0.15, 0.2) is 0 Å². The average Bonchev–Trinajstić information content (AvgIpc) is 3.06. The number of fused-ring (bicyclic) bond motifs is 2. The van der Waals surface area contributed by atoms with Gasteiger partial charge in [0.1, 0.15) is 0 Å². The van der Waals surface area contributed by atoms with E-state index >= 15 is 0 Å². The van der Waals surface area contributed by atoms with Gasteiger partial charge in [0.05, 0.1) is 36.3 Å². The molecule has 0 saturated carbocycles. The van der Waals surface area contributed by atoms with Crippen molar-refractivity contribution in [2.45, 2.75) is 54.0 Å². The summed E-state index contributed by atoms with van der Waals surface area (Å²) in [5.41, 5.74) is -6.78. The second kappa shape index (κ2) is 10.9. The van der Waals surface area contributed by atoms with E-state index in [-0.39, 0.29) is 68.0 Å². The number of aliphatic hydroxyl groups excluding tert-OH is 1. The standard InChI is InChI=1S/C25H29F6N5O5S/c1-15-19-13-41-14-20(21(15)37)36(19)12-17-11-34(42(39,40)18-5-3-2-4-6-18)7-8-35(17)22-32-9-16(10-33-22)23(38,24(26,27)28)25(29,30)31/h2-6,9-10,15,17,19-21,37-38H,7-8,11-14H2,1H3. The maximum atomic E-state index is 13.4. The molecule has 2 bridgehead atoms. The highest BCUT2D eigenvalue weighted by atomic mass is 32.2. The summed E-state index contributed by atoms with van der Waals surface area (Å²) in [5.74, 6) is -0.391. The molecule has 2 aromatic rings. The minimum Gasteiger partial charge on any atom is -0.391 e. The first-order valence-electron chi connectivity index (χ1n) is 13.1. The van der Waals surface area contributed by atoms with Gasteiger partial charge in [-0.25, -0.2) is 18.4 Å². The lowest BCUT2D eigenvalue weighted by Gasteiger charge is -2.45. The van der Waals surface area contributed by atoms with Gasteiger partial charge in [-0.15, -0.1) is 0 Å². The Hall–Kier alpha value is -2.57. The Bertz CT molecular complexity index is 1330. The highest BCUT2D eigenvalue weighted by Crippen LogP contribution is 2.49. The third-order valence-electron chi connectivity index (χ3n) is 8.35. The SMILES string of the molecule is CC1C(O)C2COCC1N2CC1CN(S(=O)(=O)c2ccccc2)CCN1c1ncc(C(O)(C(F)(F)F)C(F)(F)F)cn1. The summed E-state index contributed by atoms with van der Waals surface area (Å²) < 4.78 is 114. The number of nitrogens with zero attached hydrogens (tertiary/aromatic N) is 5. The zero-order valence-corrected chi connectivity index (χ0v) is 23.0. The lowest BCUT2D eigenvalue weighted by atomic mass is 9.95. The van der Waals surface area contributed by atoms with E-state index in [9.17, 15) is 45.0 Å². The van der Waals surface area contributed by atoms with Crippen LogP contribution in [0.4, 0.5) is 32.3 Å². The minimum absolute atomic E-state index is 0.0311. The largest absolute Gasteiger partial charge is 0.430 e. The van der Waals surface area contributed by atoms with Gasteiger partial charge in [0.25, 0.3) is 5.60 Å². The molecule has 0 radical (unpaired) electrons. The maximum Gasteiger partial charge on any atom is 0.430 e. The van der Waals surface area contributed by atoms with Crippen LogP contribution in [0.25, 0.3) is 0 Å². The Labute approximate surface area is 237 Å². The number of piperazine rings is 1. The number of morpholine rings is 1. The molecule has 42 heavy (non-hydrogen) atoms. The van der Waals surface area contributed by atoms with E-state index in [0.29, 0.717) is 6.61 Å². The molecule has 1 aromatic heterocycles. The molecular formula is C25H29F6N5O5S. The molecule has 3 aliphatic heterocycles. The van der Waals surface area contributed by atoms with Crippen LogP contribution < -0.4 is 4.90 Å². The molecule has 1 aromatic carbocycles. The molecule has 0 spiro atoms. The molecule has 5 rings (SSSR count). The van der Waals surface area contributed by atoms with Crippen LogP contribution in [0.15, 0.2) is 47.6 Å². The molecule has 3 saturated heterocycles. The predicted molar refractivity (Wildman–Crippen MR) is 135 cm³/mol. The van der Waals surface area contributed by atoms with Crippen LogP contribution in [0, 0.1) is 5.92 Å². The van der Waals surface area contributed by atoms with Gasteiger partial charge in [-0.05, 0) is 12.1 Å². The Balaban J connectivity index is 1.47. The maximum absolute atomic E-state index is 13.4. The van der Waals surface area contributed by atoms with Crippen molar-refractivity contribution in [1.29, 1.82) is 0 Å². The Morgan fingerprint density at radius 3 is 2.14 bits per heavy atom. The van der Waals surface area contributed by atoms with Crippen LogP contribution in [0.3, 0.4) is 0 Å². The van der Waals surface area contributed by atoms with E-state index < -0.39 is 51.7 Å². The monoisotopic (exact) mass is 625 g/mol. The van der Waals surface area contributed by atoms with Crippen molar-refractivity contribution in [1.82, 2.24) is 19.2 Å². The zero-order valence-electron chi connectivity index (χ0n) is 22.2. The second-order valence-electron chi connectivity index (χ2n) is 10.7. The Kier molecular flexibility index (Phi) is 7.98. The van der Waals surface area contributed by atoms with Crippen molar-refractivity contribution in [3.63, 3.8) is 0 Å². The lowest BCUT2D eigenvalue weighted by Crippen LogP contribution is -2.61. The number of anilines is 1. The summed E-state index contributed by atoms with van der Waals surface area (Å²) in [4.78, 5) is 11.1. The molecule has 10 nitrogen and oxygen atoms in total. The van der Waals surface area contributed by atoms with Crippen LogP contribution in [-0.2, 0) is 20.4 Å². The molecule has 4 heterocycles. The highest BCUT2D eigenvalue weighted by Gasteiger charge is 2.71. The fourth-order valence-corrected chi connectivity index (χ4v) is 7.43. The molecule has 5 atom stereocenters.